The number of carbonyl (C=O) groups is 2. The van der Waals surface area contributed by atoms with E-state index in [1.165, 1.54) is 6.33 Å². The Hall–Kier alpha value is -4.46. The van der Waals surface area contributed by atoms with Crippen LogP contribution in [-0.2, 0) is 16.6 Å². The number of hydrogen-bond donors (Lipinski definition) is 3. The van der Waals surface area contributed by atoms with Crippen molar-refractivity contribution < 1.29 is 9.59 Å². The number of rotatable bonds is 6. The topological polar surface area (TPSA) is 115 Å². The summed E-state index contributed by atoms with van der Waals surface area (Å²) < 4.78 is 2.00. The van der Waals surface area contributed by atoms with E-state index in [1.807, 2.05) is 60.1 Å². The molecule has 0 unspecified atom stereocenters. The van der Waals surface area contributed by atoms with Crippen molar-refractivity contribution in [2.45, 2.75) is 26.2 Å². The van der Waals surface area contributed by atoms with Crippen LogP contribution in [0.3, 0.4) is 0 Å². The number of nitrogens with two attached hydrogens (primary N) is 1. The van der Waals surface area contributed by atoms with E-state index in [2.05, 4.69) is 27.2 Å². The minimum absolute atomic E-state index is 0.0799. The van der Waals surface area contributed by atoms with E-state index >= 15 is 0 Å². The summed E-state index contributed by atoms with van der Waals surface area (Å²) in [6, 6.07) is 15.4. The Balaban J connectivity index is 1.55. The van der Waals surface area contributed by atoms with E-state index in [4.69, 9.17) is 5.73 Å². The third-order valence-electron chi connectivity index (χ3n) is 6.72. The summed E-state index contributed by atoms with van der Waals surface area (Å²) in [7, 11) is 1.94. The summed E-state index contributed by atoms with van der Waals surface area (Å²) in [6.45, 7) is 5.35. The molecule has 2 amide bonds. The van der Waals surface area contributed by atoms with Crippen LogP contribution in [0.25, 0.3) is 33.4 Å². The molecule has 182 valence electrons. The number of aryl methyl sites for hydroxylation is 1. The van der Waals surface area contributed by atoms with Gasteiger partial charge in [0.15, 0.2) is 0 Å². The molecule has 0 bridgehead atoms. The van der Waals surface area contributed by atoms with Crippen LogP contribution in [0.15, 0.2) is 67.0 Å². The van der Waals surface area contributed by atoms with Gasteiger partial charge in [-0.2, -0.15) is 0 Å². The van der Waals surface area contributed by atoms with Gasteiger partial charge in [0.05, 0.1) is 11.1 Å². The number of nitrogens with one attached hydrogen (secondary N) is 2. The van der Waals surface area contributed by atoms with Crippen molar-refractivity contribution in [3.8, 4) is 22.4 Å². The normalized spacial score (nSPS) is 13.3. The molecule has 1 aliphatic carbocycles. The third-order valence-corrected chi connectivity index (χ3v) is 6.72. The first-order chi connectivity index (χ1) is 17.3. The lowest BCUT2D eigenvalue weighted by molar-refractivity contribution is -0.122. The number of nitrogen functional groups attached to an aromatic ring is 1. The summed E-state index contributed by atoms with van der Waals surface area (Å²) >= 11 is 0. The molecule has 36 heavy (non-hydrogen) atoms. The first-order valence-corrected chi connectivity index (χ1v) is 11.9. The molecule has 0 aliphatic heterocycles. The molecule has 2 aromatic carbocycles. The molecule has 0 spiro atoms. The summed E-state index contributed by atoms with van der Waals surface area (Å²) in [5.41, 5.74) is 12.6. The number of carbonyl (C=O) groups excluding carboxylic acids is 2. The maximum atomic E-state index is 12.4. The fraction of sp³-hybridized carbons (Fsp3) is 0.214. The summed E-state index contributed by atoms with van der Waals surface area (Å²) in [5, 5.41) is 6.62. The Kier molecular flexibility index (Phi) is 6.01. The van der Waals surface area contributed by atoms with E-state index in [1.54, 1.807) is 6.92 Å². The molecule has 4 N–H and O–H groups in total. The number of hydrogen-bond acceptors (Lipinski definition) is 5. The van der Waals surface area contributed by atoms with Gasteiger partial charge in [-0.25, -0.2) is 9.97 Å². The summed E-state index contributed by atoms with van der Waals surface area (Å²) in [4.78, 5) is 33.1. The lowest BCUT2D eigenvalue weighted by Gasteiger charge is -2.24. The number of fused-ring (bicyclic) bond motifs is 1. The fourth-order valence-corrected chi connectivity index (χ4v) is 4.48. The van der Waals surface area contributed by atoms with Gasteiger partial charge in [0.2, 0.25) is 5.91 Å². The zero-order valence-electron chi connectivity index (χ0n) is 20.3. The second kappa shape index (κ2) is 9.30. The summed E-state index contributed by atoms with van der Waals surface area (Å²) in [5.74, 6) is 0.371. The maximum absolute atomic E-state index is 12.4. The molecule has 2 heterocycles. The van der Waals surface area contributed by atoms with Crippen LogP contribution >= 0.6 is 0 Å². The van der Waals surface area contributed by atoms with Crippen molar-refractivity contribution in [3.63, 3.8) is 0 Å². The molecule has 0 atom stereocenters. The Morgan fingerprint density at radius 1 is 0.972 bits per heavy atom. The highest BCUT2D eigenvalue weighted by molar-refractivity contribution is 6.08. The van der Waals surface area contributed by atoms with E-state index in [9.17, 15) is 9.59 Å². The predicted octanol–water partition coefficient (Wildman–Crippen LogP) is 5.14. The van der Waals surface area contributed by atoms with Gasteiger partial charge in [0.1, 0.15) is 17.8 Å². The highest BCUT2D eigenvalue weighted by Gasteiger charge is 2.25. The van der Waals surface area contributed by atoms with Crippen molar-refractivity contribution in [1.82, 2.24) is 14.5 Å². The van der Waals surface area contributed by atoms with E-state index in [0.29, 0.717) is 17.1 Å². The molecule has 8 heteroatoms. The van der Waals surface area contributed by atoms with Crippen molar-refractivity contribution in [2.24, 2.45) is 13.0 Å². The molecule has 5 rings (SSSR count). The first kappa shape index (κ1) is 23.3. The van der Waals surface area contributed by atoms with Crippen LogP contribution in [0.1, 0.15) is 26.2 Å². The molecule has 0 radical (unpaired) electrons. The first-order valence-electron chi connectivity index (χ1n) is 11.9. The van der Waals surface area contributed by atoms with Gasteiger partial charge in [-0.15, -0.1) is 0 Å². The van der Waals surface area contributed by atoms with Crippen molar-refractivity contribution >= 4 is 40.0 Å². The predicted molar refractivity (Wildman–Crippen MR) is 143 cm³/mol. The van der Waals surface area contributed by atoms with Gasteiger partial charge in [-0.3, -0.25) is 9.59 Å². The molecule has 1 fully saturated rings. The monoisotopic (exact) mass is 480 g/mol. The highest BCUT2D eigenvalue weighted by atomic mass is 16.2. The smallest absolute Gasteiger partial charge is 0.250 e. The number of anilines is 3. The number of benzene rings is 2. The minimum atomic E-state index is -0.222. The van der Waals surface area contributed by atoms with Gasteiger partial charge >= 0.3 is 0 Å². The van der Waals surface area contributed by atoms with Gasteiger partial charge < -0.3 is 20.9 Å². The molecule has 1 saturated carbocycles. The van der Waals surface area contributed by atoms with Crippen LogP contribution in [0.2, 0.25) is 0 Å². The fourth-order valence-electron chi connectivity index (χ4n) is 4.48. The highest BCUT2D eigenvalue weighted by Crippen LogP contribution is 2.42. The molecular weight excluding hydrogens is 452 g/mol. The third kappa shape index (κ3) is 4.22. The Morgan fingerprint density at radius 3 is 2.17 bits per heavy atom. The average molecular weight is 481 g/mol. The molecule has 2 aromatic heterocycles. The van der Waals surface area contributed by atoms with Crippen LogP contribution in [0.5, 0.6) is 0 Å². The van der Waals surface area contributed by atoms with Crippen LogP contribution in [0.4, 0.5) is 17.2 Å². The lowest BCUT2D eigenvalue weighted by Crippen LogP contribution is -2.27. The van der Waals surface area contributed by atoms with Gasteiger partial charge in [-0.05, 0) is 55.2 Å². The molecular formula is C28H28N6O2. The minimum Gasteiger partial charge on any atom is -0.383 e. The number of amides is 2. The Bertz CT molecular complexity index is 1480. The molecule has 0 saturated heterocycles. The molecule has 1 aliphatic rings. The largest absolute Gasteiger partial charge is 0.383 e. The number of aromatic nitrogens is 3. The van der Waals surface area contributed by atoms with E-state index in [0.717, 1.165) is 58.4 Å². The second-order valence-corrected chi connectivity index (χ2v) is 9.25. The zero-order chi connectivity index (χ0) is 25.4. The van der Waals surface area contributed by atoms with E-state index in [-0.39, 0.29) is 17.7 Å². The van der Waals surface area contributed by atoms with Crippen LogP contribution < -0.4 is 16.4 Å². The quantitative estimate of drug-likeness (QED) is 0.331. The Labute approximate surface area is 209 Å². The van der Waals surface area contributed by atoms with Gasteiger partial charge in [-0.1, -0.05) is 37.3 Å². The zero-order valence-corrected chi connectivity index (χ0v) is 20.3. The van der Waals surface area contributed by atoms with Gasteiger partial charge in [0.25, 0.3) is 5.91 Å². The lowest BCUT2D eigenvalue weighted by atomic mass is 9.85. The van der Waals surface area contributed by atoms with Crippen molar-refractivity contribution in [3.05, 3.63) is 67.0 Å². The van der Waals surface area contributed by atoms with Crippen molar-refractivity contribution in [2.75, 3.05) is 16.4 Å². The Morgan fingerprint density at radius 2 is 1.58 bits per heavy atom. The van der Waals surface area contributed by atoms with Crippen molar-refractivity contribution in [1.29, 1.82) is 0 Å². The average Bonchev–Trinajstić information content (AvgIpc) is 3.12. The SMILES string of the molecule is C=C(C)C(=O)Nc1ccc(-c2c(-c3ccc(NC(=O)C4CCC4)cc3)c3c(N)ncnc3n2C)cc1. The van der Waals surface area contributed by atoms with Crippen LogP contribution in [-0.4, -0.2) is 26.3 Å². The number of nitrogens with zero attached hydrogens (tertiary/aromatic N) is 3. The van der Waals surface area contributed by atoms with Gasteiger partial charge in [0, 0.05) is 35.5 Å². The maximum Gasteiger partial charge on any atom is 0.250 e. The second-order valence-electron chi connectivity index (χ2n) is 9.25. The molecule has 8 nitrogen and oxygen atoms in total. The summed E-state index contributed by atoms with van der Waals surface area (Å²) in [6.07, 6.45) is 4.49. The standard InChI is InChI=1S/C28H28N6O2/c1-16(2)27(35)32-20-13-9-18(10-14-20)24-22(23-25(29)30-15-31-26(23)34(24)3)17-7-11-21(12-8-17)33-28(36)19-5-4-6-19/h7-15,19H,1,4-6H2,2-3H3,(H,32,35)(H,33,36)(H2,29,30,31). The van der Waals surface area contributed by atoms with Crippen LogP contribution in [0, 0.1) is 5.92 Å². The van der Waals surface area contributed by atoms with E-state index < -0.39 is 0 Å². The molecule has 4 aromatic rings.